The third-order valence-corrected chi connectivity index (χ3v) is 4.78. The zero-order chi connectivity index (χ0) is 18.1. The van der Waals surface area contributed by atoms with E-state index in [1.807, 2.05) is 6.92 Å². The van der Waals surface area contributed by atoms with Crippen molar-refractivity contribution in [2.75, 3.05) is 0 Å². The van der Waals surface area contributed by atoms with Crippen LogP contribution in [0.4, 0.5) is 8.78 Å². The van der Waals surface area contributed by atoms with Crippen molar-refractivity contribution in [3.63, 3.8) is 0 Å². The van der Waals surface area contributed by atoms with E-state index in [1.165, 1.54) is 12.1 Å². The lowest BCUT2D eigenvalue weighted by Crippen LogP contribution is -2.12. The van der Waals surface area contributed by atoms with Crippen molar-refractivity contribution in [3.8, 4) is 11.1 Å². The average Bonchev–Trinajstić information content (AvgIpc) is 2.60. The lowest BCUT2D eigenvalue weighted by atomic mass is 9.86. The normalized spacial score (nSPS) is 15.0. The second kappa shape index (κ2) is 6.96. The van der Waals surface area contributed by atoms with E-state index in [0.29, 0.717) is 42.4 Å². The van der Waals surface area contributed by atoms with Gasteiger partial charge in [0.2, 0.25) is 0 Å². The summed E-state index contributed by atoms with van der Waals surface area (Å²) in [4.78, 5) is 12.3. The summed E-state index contributed by atoms with van der Waals surface area (Å²) in [6, 6.07) is 7.80. The van der Waals surface area contributed by atoms with Crippen molar-refractivity contribution in [3.05, 3.63) is 63.9 Å². The zero-order valence-electron chi connectivity index (χ0n) is 13.7. The number of benzene rings is 2. The molecule has 0 fully saturated rings. The Bertz CT molecular complexity index is 888. The van der Waals surface area contributed by atoms with Crippen LogP contribution in [0.5, 0.6) is 0 Å². The van der Waals surface area contributed by atoms with Crippen LogP contribution in [0.2, 0.25) is 5.02 Å². The van der Waals surface area contributed by atoms with Gasteiger partial charge < -0.3 is 5.11 Å². The van der Waals surface area contributed by atoms with E-state index >= 15 is 0 Å². The molecule has 0 atom stereocenters. The van der Waals surface area contributed by atoms with Crippen LogP contribution >= 0.6 is 11.6 Å². The van der Waals surface area contributed by atoms with E-state index in [9.17, 15) is 18.7 Å². The maximum absolute atomic E-state index is 14.3. The summed E-state index contributed by atoms with van der Waals surface area (Å²) in [6.07, 6.45) is 2.08. The number of aliphatic hydroxyl groups excluding tert-OH is 1. The molecular formula is C20H17ClF2O2. The number of Topliss-reactive ketones (excluding diaryl/α,β-unsaturated/α-hetero) is 1. The fourth-order valence-electron chi connectivity index (χ4n) is 3.17. The lowest BCUT2D eigenvalue weighted by molar-refractivity contribution is -0.114. The summed E-state index contributed by atoms with van der Waals surface area (Å²) >= 11 is 5.61. The molecule has 2 aromatic rings. The lowest BCUT2D eigenvalue weighted by Gasteiger charge is -2.19. The number of carbonyl (C=O) groups is 1. The van der Waals surface area contributed by atoms with Gasteiger partial charge in [-0.3, -0.25) is 4.79 Å². The summed E-state index contributed by atoms with van der Waals surface area (Å²) in [5.74, 6) is -2.20. The number of aryl methyl sites for hydroxylation is 1. The van der Waals surface area contributed by atoms with Gasteiger partial charge >= 0.3 is 0 Å². The highest BCUT2D eigenvalue weighted by Gasteiger charge is 2.24. The Balaban J connectivity index is 2.20. The Kier molecular flexibility index (Phi) is 4.91. The largest absolute Gasteiger partial charge is 0.512 e. The fraction of sp³-hybridized carbons (Fsp3) is 0.250. The first-order valence-electron chi connectivity index (χ1n) is 8.16. The molecule has 0 saturated heterocycles. The molecule has 0 heterocycles. The Morgan fingerprint density at radius 3 is 2.52 bits per heavy atom. The molecule has 130 valence electrons. The maximum atomic E-state index is 14.3. The predicted molar refractivity (Wildman–Crippen MR) is 94.6 cm³/mol. The first-order chi connectivity index (χ1) is 11.9. The molecule has 0 aliphatic heterocycles. The van der Waals surface area contributed by atoms with E-state index in [1.54, 1.807) is 18.2 Å². The van der Waals surface area contributed by atoms with Crippen LogP contribution in [-0.4, -0.2) is 10.9 Å². The van der Waals surface area contributed by atoms with Gasteiger partial charge in [-0.2, -0.15) is 0 Å². The molecule has 5 heteroatoms. The molecule has 0 bridgehead atoms. The molecule has 0 aromatic heterocycles. The Morgan fingerprint density at radius 1 is 1.08 bits per heavy atom. The van der Waals surface area contributed by atoms with Crippen LogP contribution in [-0.2, 0) is 11.2 Å². The number of rotatable bonds is 3. The molecule has 0 spiro atoms. The zero-order valence-corrected chi connectivity index (χ0v) is 14.5. The van der Waals surface area contributed by atoms with Crippen molar-refractivity contribution in [1.29, 1.82) is 0 Å². The van der Waals surface area contributed by atoms with Crippen molar-refractivity contribution in [1.82, 2.24) is 0 Å². The molecule has 1 N–H and O–H groups in total. The third kappa shape index (κ3) is 3.19. The van der Waals surface area contributed by atoms with Gasteiger partial charge in [0.05, 0.1) is 10.6 Å². The standard InChI is InChI=1S/C20H17ClF2O2/c1-2-11-6-7-12(13-8-9-15(21)20(23)19(13)22)10-14(11)18-16(24)4-3-5-17(18)25/h6-10,24H,2-5H2,1H3. The molecule has 0 unspecified atom stereocenters. The molecule has 2 nitrogen and oxygen atoms in total. The smallest absolute Gasteiger partial charge is 0.178 e. The average molecular weight is 363 g/mol. The monoisotopic (exact) mass is 362 g/mol. The minimum absolute atomic E-state index is 0.0610. The van der Waals surface area contributed by atoms with Crippen LogP contribution in [0.25, 0.3) is 16.7 Å². The first-order valence-corrected chi connectivity index (χ1v) is 8.54. The van der Waals surface area contributed by atoms with Gasteiger partial charge in [0.1, 0.15) is 5.76 Å². The number of ketones is 1. The highest BCUT2D eigenvalue weighted by atomic mass is 35.5. The molecular weight excluding hydrogens is 346 g/mol. The molecule has 1 aliphatic carbocycles. The molecule has 0 amide bonds. The molecule has 0 saturated carbocycles. The molecule has 2 aromatic carbocycles. The SMILES string of the molecule is CCc1ccc(-c2ccc(Cl)c(F)c2F)cc1C1=C(O)CCCC1=O. The van der Waals surface area contributed by atoms with E-state index in [2.05, 4.69) is 0 Å². The van der Waals surface area contributed by atoms with Crippen LogP contribution in [0, 0.1) is 11.6 Å². The summed E-state index contributed by atoms with van der Waals surface area (Å²) in [5.41, 5.74) is 2.24. The van der Waals surface area contributed by atoms with Gasteiger partial charge in [0.15, 0.2) is 17.4 Å². The maximum Gasteiger partial charge on any atom is 0.178 e. The number of allylic oxidation sites excluding steroid dienone is 2. The topological polar surface area (TPSA) is 37.3 Å². The summed E-state index contributed by atoms with van der Waals surface area (Å²) < 4.78 is 28.1. The van der Waals surface area contributed by atoms with Gasteiger partial charge in [-0.25, -0.2) is 8.78 Å². The highest BCUT2D eigenvalue weighted by molar-refractivity contribution is 6.30. The minimum Gasteiger partial charge on any atom is -0.512 e. The van der Waals surface area contributed by atoms with Gasteiger partial charge in [0, 0.05) is 18.4 Å². The highest BCUT2D eigenvalue weighted by Crippen LogP contribution is 2.35. The van der Waals surface area contributed by atoms with Crippen LogP contribution in [0.1, 0.15) is 37.3 Å². The molecule has 0 radical (unpaired) electrons. The Labute approximate surface area is 149 Å². The van der Waals surface area contributed by atoms with Gasteiger partial charge in [-0.15, -0.1) is 0 Å². The minimum atomic E-state index is -1.10. The second-order valence-corrected chi connectivity index (χ2v) is 6.45. The van der Waals surface area contributed by atoms with Crippen LogP contribution in [0.3, 0.4) is 0 Å². The number of hydrogen-bond donors (Lipinski definition) is 1. The molecule has 3 rings (SSSR count). The van der Waals surface area contributed by atoms with E-state index in [4.69, 9.17) is 11.6 Å². The van der Waals surface area contributed by atoms with Crippen molar-refractivity contribution < 1.29 is 18.7 Å². The van der Waals surface area contributed by atoms with E-state index < -0.39 is 11.6 Å². The third-order valence-electron chi connectivity index (χ3n) is 4.49. The summed E-state index contributed by atoms with van der Waals surface area (Å²) in [6.45, 7) is 1.94. The van der Waals surface area contributed by atoms with Gasteiger partial charge in [0.25, 0.3) is 0 Å². The molecule has 1 aliphatic rings. The van der Waals surface area contributed by atoms with Crippen molar-refractivity contribution >= 4 is 23.0 Å². The van der Waals surface area contributed by atoms with Crippen molar-refractivity contribution in [2.24, 2.45) is 0 Å². The number of aliphatic hydroxyl groups is 1. The predicted octanol–water partition coefficient (Wildman–Crippen LogP) is 5.87. The van der Waals surface area contributed by atoms with Gasteiger partial charge in [-0.05, 0) is 47.7 Å². The second-order valence-electron chi connectivity index (χ2n) is 6.05. The fourth-order valence-corrected chi connectivity index (χ4v) is 3.31. The Hall–Kier alpha value is -2.20. The molecule has 25 heavy (non-hydrogen) atoms. The van der Waals surface area contributed by atoms with Crippen molar-refractivity contribution in [2.45, 2.75) is 32.6 Å². The summed E-state index contributed by atoms with van der Waals surface area (Å²) in [7, 11) is 0. The summed E-state index contributed by atoms with van der Waals surface area (Å²) in [5, 5.41) is 9.93. The Morgan fingerprint density at radius 2 is 1.84 bits per heavy atom. The van der Waals surface area contributed by atoms with Gasteiger partial charge in [-0.1, -0.05) is 30.7 Å². The van der Waals surface area contributed by atoms with E-state index in [0.717, 1.165) is 5.56 Å². The first kappa shape index (κ1) is 17.6. The number of halogens is 3. The van der Waals surface area contributed by atoms with E-state index in [-0.39, 0.29) is 22.1 Å². The number of hydrogen-bond acceptors (Lipinski definition) is 2. The van der Waals surface area contributed by atoms with Crippen LogP contribution < -0.4 is 0 Å². The quantitative estimate of drug-likeness (QED) is 0.693. The number of carbonyl (C=O) groups excluding carboxylic acids is 1. The van der Waals surface area contributed by atoms with Crippen LogP contribution in [0.15, 0.2) is 36.1 Å².